The number of anilines is 1. The van der Waals surface area contributed by atoms with Gasteiger partial charge in [0.2, 0.25) is 0 Å². The highest BCUT2D eigenvalue weighted by Crippen LogP contribution is 2.31. The molecule has 7 heteroatoms. The van der Waals surface area contributed by atoms with E-state index >= 15 is 0 Å². The lowest BCUT2D eigenvalue weighted by atomic mass is 10.1. The van der Waals surface area contributed by atoms with Crippen LogP contribution in [0.4, 0.5) is 5.82 Å². The summed E-state index contributed by atoms with van der Waals surface area (Å²) in [6.07, 6.45) is 1.92. The number of esters is 1. The molecular formula is C22H23N3O2S2. The lowest BCUT2D eigenvalue weighted by molar-refractivity contribution is 0.0596. The molecule has 1 heterocycles. The Morgan fingerprint density at radius 1 is 1.07 bits per heavy atom. The minimum atomic E-state index is -0.444. The molecule has 29 heavy (non-hydrogen) atoms. The van der Waals surface area contributed by atoms with Crippen LogP contribution >= 0.6 is 23.5 Å². The summed E-state index contributed by atoms with van der Waals surface area (Å²) >= 11 is 2.95. The number of nitrogens with zero attached hydrogens (tertiary/aromatic N) is 2. The van der Waals surface area contributed by atoms with E-state index in [1.54, 1.807) is 0 Å². The van der Waals surface area contributed by atoms with Gasteiger partial charge >= 0.3 is 5.97 Å². The largest absolute Gasteiger partial charge is 0.465 e. The Balaban J connectivity index is 1.92. The number of thioether (sulfide) groups is 2. The van der Waals surface area contributed by atoms with Crippen LogP contribution in [0.3, 0.4) is 0 Å². The first-order valence-electron chi connectivity index (χ1n) is 9.11. The first-order chi connectivity index (χ1) is 14.1. The number of carbonyl (C=O) groups excluding carboxylic acids is 1. The van der Waals surface area contributed by atoms with E-state index in [-0.39, 0.29) is 0 Å². The second-order valence-electron chi connectivity index (χ2n) is 6.28. The summed E-state index contributed by atoms with van der Waals surface area (Å²) in [5.74, 6) is 0.753. The topological polar surface area (TPSA) is 64.1 Å². The molecule has 1 N–H and O–H groups in total. The van der Waals surface area contributed by atoms with E-state index < -0.39 is 5.97 Å². The number of benzene rings is 2. The van der Waals surface area contributed by atoms with Crippen LogP contribution in [0.2, 0.25) is 0 Å². The Morgan fingerprint density at radius 3 is 2.48 bits per heavy atom. The lowest BCUT2D eigenvalue weighted by Crippen LogP contribution is -2.14. The molecule has 0 saturated heterocycles. The summed E-state index contributed by atoms with van der Waals surface area (Å²) in [5.41, 5.74) is 3.86. The summed E-state index contributed by atoms with van der Waals surface area (Å²) in [4.78, 5) is 21.7. The first-order valence-corrected chi connectivity index (χ1v) is 11.3. The van der Waals surface area contributed by atoms with Crippen LogP contribution in [0.15, 0.2) is 64.8 Å². The molecule has 5 nitrogen and oxygen atoms in total. The van der Waals surface area contributed by atoms with E-state index in [0.717, 1.165) is 11.1 Å². The highest BCUT2D eigenvalue weighted by molar-refractivity contribution is 7.99. The SMILES string of the molecule is COC(=O)c1c(NCc2ccccc2C)nc(SC)nc1SCc1ccccc1. The molecule has 0 bridgehead atoms. The van der Waals surface area contributed by atoms with Crippen LogP contribution in [0.5, 0.6) is 0 Å². The smallest absolute Gasteiger partial charge is 0.344 e. The highest BCUT2D eigenvalue weighted by Gasteiger charge is 2.22. The molecule has 0 spiro atoms. The predicted molar refractivity (Wildman–Crippen MR) is 120 cm³/mol. The molecule has 150 valence electrons. The molecule has 0 fully saturated rings. The molecule has 2 aromatic carbocycles. The van der Waals surface area contributed by atoms with Gasteiger partial charge in [0.05, 0.1) is 7.11 Å². The Morgan fingerprint density at radius 2 is 1.79 bits per heavy atom. The van der Waals surface area contributed by atoms with Crippen LogP contribution in [-0.4, -0.2) is 29.3 Å². The van der Waals surface area contributed by atoms with Gasteiger partial charge in [-0.05, 0) is 29.9 Å². The van der Waals surface area contributed by atoms with Gasteiger partial charge in [0.15, 0.2) is 5.16 Å². The minimum absolute atomic E-state index is 0.375. The first kappa shape index (κ1) is 21.2. The third kappa shape index (κ3) is 5.52. The standard InChI is InChI=1S/C22H23N3O2S2/c1-15-9-7-8-12-17(15)13-23-19-18(21(26)27-2)20(25-22(24-19)28-3)29-14-16-10-5-4-6-11-16/h4-12H,13-14H2,1-3H3,(H,23,24,25). The number of hydrogen-bond donors (Lipinski definition) is 1. The summed E-state index contributed by atoms with van der Waals surface area (Å²) in [7, 11) is 1.38. The molecule has 0 amide bonds. The van der Waals surface area contributed by atoms with Crippen molar-refractivity contribution in [1.29, 1.82) is 0 Å². The van der Waals surface area contributed by atoms with Crippen LogP contribution in [-0.2, 0) is 17.0 Å². The van der Waals surface area contributed by atoms with E-state index in [2.05, 4.69) is 46.5 Å². The molecule has 0 aliphatic heterocycles. The number of rotatable bonds is 8. The third-order valence-corrected chi connectivity index (χ3v) is 5.95. The third-order valence-electron chi connectivity index (χ3n) is 4.35. The van der Waals surface area contributed by atoms with Gasteiger partial charge < -0.3 is 10.1 Å². The van der Waals surface area contributed by atoms with E-state index in [4.69, 9.17) is 4.74 Å². The average Bonchev–Trinajstić information content (AvgIpc) is 2.76. The summed E-state index contributed by atoms with van der Waals surface area (Å²) < 4.78 is 5.04. The molecule has 0 atom stereocenters. The fourth-order valence-electron chi connectivity index (χ4n) is 2.74. The fourth-order valence-corrected chi connectivity index (χ4v) is 4.14. The van der Waals surface area contributed by atoms with Crippen molar-refractivity contribution >= 4 is 35.3 Å². The van der Waals surface area contributed by atoms with Crippen molar-refractivity contribution in [2.24, 2.45) is 0 Å². The van der Waals surface area contributed by atoms with E-state index in [9.17, 15) is 4.79 Å². The van der Waals surface area contributed by atoms with Gasteiger partial charge in [-0.2, -0.15) is 0 Å². The number of ether oxygens (including phenoxy) is 1. The Hall–Kier alpha value is -2.51. The van der Waals surface area contributed by atoms with Crippen molar-refractivity contribution in [2.75, 3.05) is 18.7 Å². The lowest BCUT2D eigenvalue weighted by Gasteiger charge is -2.15. The van der Waals surface area contributed by atoms with Gasteiger partial charge in [0.25, 0.3) is 0 Å². The van der Waals surface area contributed by atoms with Crippen LogP contribution in [0, 0.1) is 6.92 Å². The minimum Gasteiger partial charge on any atom is -0.465 e. The Labute approximate surface area is 179 Å². The van der Waals surface area contributed by atoms with Crippen molar-refractivity contribution < 1.29 is 9.53 Å². The fraction of sp³-hybridized carbons (Fsp3) is 0.227. The molecule has 3 aromatic rings. The predicted octanol–water partition coefficient (Wildman–Crippen LogP) is 5.20. The second-order valence-corrected chi connectivity index (χ2v) is 8.02. The zero-order valence-electron chi connectivity index (χ0n) is 16.6. The maximum atomic E-state index is 12.6. The van der Waals surface area contributed by atoms with E-state index in [1.165, 1.54) is 36.2 Å². The number of carbonyl (C=O) groups is 1. The molecule has 0 aliphatic carbocycles. The summed E-state index contributed by atoms with van der Waals surface area (Å²) in [5, 5.41) is 4.55. The maximum Gasteiger partial charge on any atom is 0.344 e. The quantitative estimate of drug-likeness (QED) is 0.230. The zero-order chi connectivity index (χ0) is 20.6. The van der Waals surface area contributed by atoms with Crippen molar-refractivity contribution in [3.8, 4) is 0 Å². The van der Waals surface area contributed by atoms with Crippen molar-refractivity contribution in [2.45, 2.75) is 29.4 Å². The van der Waals surface area contributed by atoms with Crippen molar-refractivity contribution in [1.82, 2.24) is 9.97 Å². The summed E-state index contributed by atoms with van der Waals surface area (Å²) in [6, 6.07) is 18.2. The second kappa shape index (κ2) is 10.3. The number of hydrogen-bond acceptors (Lipinski definition) is 7. The van der Waals surface area contributed by atoms with Gasteiger partial charge in [0.1, 0.15) is 16.4 Å². The molecule has 0 radical (unpaired) electrons. The van der Waals surface area contributed by atoms with Crippen molar-refractivity contribution in [3.05, 3.63) is 76.9 Å². The van der Waals surface area contributed by atoms with E-state index in [1.807, 2.05) is 36.6 Å². The van der Waals surface area contributed by atoms with E-state index in [0.29, 0.717) is 33.9 Å². The molecule has 1 aromatic heterocycles. The van der Waals surface area contributed by atoms with Gasteiger partial charge in [-0.15, -0.1) is 11.8 Å². The number of aryl methyl sites for hydroxylation is 1. The number of nitrogens with one attached hydrogen (secondary N) is 1. The number of methoxy groups -OCH3 is 1. The van der Waals surface area contributed by atoms with Crippen molar-refractivity contribution in [3.63, 3.8) is 0 Å². The van der Waals surface area contributed by atoms with Gasteiger partial charge in [0, 0.05) is 12.3 Å². The Kier molecular flexibility index (Phi) is 7.55. The molecule has 0 saturated carbocycles. The molecule has 0 aliphatic rings. The van der Waals surface area contributed by atoms with Gasteiger partial charge in [-0.25, -0.2) is 14.8 Å². The average molecular weight is 426 g/mol. The normalized spacial score (nSPS) is 10.6. The zero-order valence-corrected chi connectivity index (χ0v) is 18.3. The van der Waals surface area contributed by atoms with Crippen LogP contribution in [0.25, 0.3) is 0 Å². The number of aromatic nitrogens is 2. The molecular weight excluding hydrogens is 402 g/mol. The van der Waals surface area contributed by atoms with Gasteiger partial charge in [-0.3, -0.25) is 0 Å². The molecule has 3 rings (SSSR count). The Bertz CT molecular complexity index is 981. The summed E-state index contributed by atoms with van der Waals surface area (Å²) in [6.45, 7) is 2.62. The van der Waals surface area contributed by atoms with Crippen LogP contribution in [0.1, 0.15) is 27.0 Å². The van der Waals surface area contributed by atoms with Gasteiger partial charge in [-0.1, -0.05) is 66.4 Å². The van der Waals surface area contributed by atoms with Crippen LogP contribution < -0.4 is 5.32 Å². The molecule has 0 unspecified atom stereocenters. The highest BCUT2D eigenvalue weighted by atomic mass is 32.2. The maximum absolute atomic E-state index is 12.6. The monoisotopic (exact) mass is 425 g/mol.